The first-order chi connectivity index (χ1) is 9.56. The molecule has 4 nitrogen and oxygen atoms in total. The van der Waals surface area contributed by atoms with Crippen LogP contribution in [0.1, 0.15) is 54.8 Å². The van der Waals surface area contributed by atoms with Crippen molar-refractivity contribution in [3.8, 4) is 0 Å². The van der Waals surface area contributed by atoms with Gasteiger partial charge in [0.05, 0.1) is 16.6 Å². The summed E-state index contributed by atoms with van der Waals surface area (Å²) in [6.07, 6.45) is 6.09. The Bertz CT molecular complexity index is 685. The molecule has 0 unspecified atom stereocenters. The number of rotatable bonds is 6. The summed E-state index contributed by atoms with van der Waals surface area (Å²) in [6, 6.07) is 0. The maximum absolute atomic E-state index is 12.5. The molecule has 2 rings (SSSR count). The van der Waals surface area contributed by atoms with Gasteiger partial charge in [-0.3, -0.25) is 14.2 Å². The van der Waals surface area contributed by atoms with Crippen molar-refractivity contribution in [1.29, 1.82) is 0 Å². The van der Waals surface area contributed by atoms with E-state index in [-0.39, 0.29) is 11.3 Å². The van der Waals surface area contributed by atoms with E-state index in [1.165, 1.54) is 31.1 Å². The Morgan fingerprint density at radius 3 is 2.75 bits per heavy atom. The van der Waals surface area contributed by atoms with Crippen LogP contribution in [-0.4, -0.2) is 15.3 Å². The van der Waals surface area contributed by atoms with Gasteiger partial charge in [-0.25, -0.2) is 4.98 Å². The van der Waals surface area contributed by atoms with Gasteiger partial charge < -0.3 is 0 Å². The number of fused-ring (bicyclic) bond motifs is 1. The smallest absolute Gasteiger partial charge is 0.262 e. The highest BCUT2D eigenvalue weighted by Gasteiger charge is 2.16. The predicted molar refractivity (Wildman–Crippen MR) is 82.8 cm³/mol. The Hall–Kier alpha value is -1.49. The maximum atomic E-state index is 12.5. The molecule has 0 aromatic carbocycles. The third-order valence-electron chi connectivity index (χ3n) is 3.49. The molecule has 0 atom stereocenters. The summed E-state index contributed by atoms with van der Waals surface area (Å²) in [5.74, 6) is -0.000559. The zero-order chi connectivity index (χ0) is 14.7. The van der Waals surface area contributed by atoms with Gasteiger partial charge in [-0.1, -0.05) is 26.2 Å². The lowest BCUT2D eigenvalue weighted by Gasteiger charge is -2.04. The SMILES string of the molecule is CCCCCCn1cnc2sc(C(C)=O)c(C)c2c1=O. The minimum absolute atomic E-state index is 0.000559. The predicted octanol–water partition coefficient (Wildman–Crippen LogP) is 3.55. The highest BCUT2D eigenvalue weighted by atomic mass is 32.1. The van der Waals surface area contributed by atoms with Gasteiger partial charge in [0.2, 0.25) is 0 Å². The number of aromatic nitrogens is 2. The van der Waals surface area contributed by atoms with Gasteiger partial charge in [-0.15, -0.1) is 11.3 Å². The lowest BCUT2D eigenvalue weighted by atomic mass is 10.2. The van der Waals surface area contributed by atoms with Gasteiger partial charge in [-0.2, -0.15) is 0 Å². The summed E-state index contributed by atoms with van der Waals surface area (Å²) in [5, 5.41) is 0.609. The number of thiophene rings is 1. The van der Waals surface area contributed by atoms with Crippen molar-refractivity contribution in [2.24, 2.45) is 0 Å². The summed E-state index contributed by atoms with van der Waals surface area (Å²) in [6.45, 7) is 6.23. The second-order valence-electron chi connectivity index (χ2n) is 5.10. The van der Waals surface area contributed by atoms with Crippen molar-refractivity contribution in [1.82, 2.24) is 9.55 Å². The van der Waals surface area contributed by atoms with Crippen molar-refractivity contribution in [3.63, 3.8) is 0 Å². The van der Waals surface area contributed by atoms with Crippen LogP contribution in [0.5, 0.6) is 0 Å². The Balaban J connectivity index is 2.35. The van der Waals surface area contributed by atoms with Crippen LogP contribution >= 0.6 is 11.3 Å². The number of carbonyl (C=O) groups excluding carboxylic acids is 1. The molecule has 20 heavy (non-hydrogen) atoms. The van der Waals surface area contributed by atoms with Crippen LogP contribution in [0.2, 0.25) is 0 Å². The van der Waals surface area contributed by atoms with Crippen molar-refractivity contribution < 1.29 is 4.79 Å². The fourth-order valence-electron chi connectivity index (χ4n) is 2.36. The van der Waals surface area contributed by atoms with Crippen molar-refractivity contribution >= 4 is 27.3 Å². The molecule has 108 valence electrons. The molecule has 2 aromatic heterocycles. The molecule has 0 aliphatic rings. The topological polar surface area (TPSA) is 52.0 Å². The fourth-order valence-corrected chi connectivity index (χ4v) is 3.40. The highest BCUT2D eigenvalue weighted by molar-refractivity contribution is 7.20. The first kappa shape index (κ1) is 14.9. The van der Waals surface area contributed by atoms with Crippen LogP contribution in [0.4, 0.5) is 0 Å². The number of hydrogen-bond donors (Lipinski definition) is 0. The van der Waals surface area contributed by atoms with E-state index in [2.05, 4.69) is 11.9 Å². The van der Waals surface area contributed by atoms with Gasteiger partial charge in [0.25, 0.3) is 5.56 Å². The van der Waals surface area contributed by atoms with Crippen LogP contribution in [0.3, 0.4) is 0 Å². The minimum atomic E-state index is -0.0206. The minimum Gasteiger partial charge on any atom is -0.299 e. The second kappa shape index (κ2) is 6.31. The summed E-state index contributed by atoms with van der Waals surface area (Å²) < 4.78 is 1.67. The van der Waals surface area contributed by atoms with Crippen LogP contribution in [0.15, 0.2) is 11.1 Å². The fraction of sp³-hybridized carbons (Fsp3) is 0.533. The molecule has 2 aromatic rings. The zero-order valence-corrected chi connectivity index (χ0v) is 13.0. The Labute approximate surface area is 122 Å². The number of ketones is 1. The number of unbranched alkanes of at least 4 members (excludes halogenated alkanes) is 3. The average molecular weight is 292 g/mol. The molecule has 0 amide bonds. The van der Waals surface area contributed by atoms with Gasteiger partial charge >= 0.3 is 0 Å². The summed E-state index contributed by atoms with van der Waals surface area (Å²) in [7, 11) is 0. The number of aryl methyl sites for hydroxylation is 2. The van der Waals surface area contributed by atoms with E-state index >= 15 is 0 Å². The molecule has 5 heteroatoms. The van der Waals surface area contributed by atoms with Crippen LogP contribution in [0, 0.1) is 6.92 Å². The van der Waals surface area contributed by atoms with Crippen LogP contribution < -0.4 is 5.56 Å². The first-order valence-corrected chi connectivity index (χ1v) is 7.87. The zero-order valence-electron chi connectivity index (χ0n) is 12.2. The summed E-state index contributed by atoms with van der Waals surface area (Å²) >= 11 is 1.31. The van der Waals surface area contributed by atoms with E-state index in [1.54, 1.807) is 10.9 Å². The van der Waals surface area contributed by atoms with E-state index in [9.17, 15) is 9.59 Å². The van der Waals surface area contributed by atoms with E-state index in [0.29, 0.717) is 21.6 Å². The molecular formula is C15H20N2O2S. The first-order valence-electron chi connectivity index (χ1n) is 7.05. The molecule has 0 spiro atoms. The molecule has 0 radical (unpaired) electrons. The Morgan fingerprint density at radius 2 is 2.10 bits per heavy atom. The standard InChI is InChI=1S/C15H20N2O2S/c1-4-5-6-7-8-17-9-16-14-12(15(17)19)10(2)13(20-14)11(3)18/h9H,4-8H2,1-3H3. The molecule has 0 fully saturated rings. The number of nitrogens with zero attached hydrogens (tertiary/aromatic N) is 2. The molecule has 0 bridgehead atoms. The largest absolute Gasteiger partial charge is 0.299 e. The van der Waals surface area contributed by atoms with E-state index in [0.717, 1.165) is 18.4 Å². The monoisotopic (exact) mass is 292 g/mol. The quantitative estimate of drug-likeness (QED) is 0.604. The second-order valence-corrected chi connectivity index (χ2v) is 6.10. The number of Topliss-reactive ketones (excluding diaryl/α,β-unsaturated/α-hetero) is 1. The van der Waals surface area contributed by atoms with E-state index < -0.39 is 0 Å². The van der Waals surface area contributed by atoms with Gasteiger partial charge in [0, 0.05) is 6.54 Å². The Morgan fingerprint density at radius 1 is 1.35 bits per heavy atom. The number of hydrogen-bond acceptors (Lipinski definition) is 4. The van der Waals surface area contributed by atoms with E-state index in [1.807, 2.05) is 6.92 Å². The molecule has 2 heterocycles. The lowest BCUT2D eigenvalue weighted by molar-refractivity contribution is 0.102. The molecular weight excluding hydrogens is 272 g/mol. The summed E-state index contributed by atoms with van der Waals surface area (Å²) in [5.41, 5.74) is 0.755. The van der Waals surface area contributed by atoms with Gasteiger partial charge in [0.15, 0.2) is 5.78 Å². The van der Waals surface area contributed by atoms with Crippen molar-refractivity contribution in [2.45, 2.75) is 53.0 Å². The highest BCUT2D eigenvalue weighted by Crippen LogP contribution is 2.26. The normalized spacial score (nSPS) is 11.2. The van der Waals surface area contributed by atoms with E-state index in [4.69, 9.17) is 0 Å². The number of carbonyl (C=O) groups is 1. The van der Waals surface area contributed by atoms with Gasteiger partial charge in [-0.05, 0) is 25.8 Å². The third kappa shape index (κ3) is 2.82. The maximum Gasteiger partial charge on any atom is 0.262 e. The molecule has 0 aliphatic carbocycles. The lowest BCUT2D eigenvalue weighted by Crippen LogP contribution is -2.20. The van der Waals surface area contributed by atoms with Gasteiger partial charge in [0.1, 0.15) is 4.83 Å². The summed E-state index contributed by atoms with van der Waals surface area (Å²) in [4.78, 5) is 29.7. The Kier molecular flexibility index (Phi) is 4.70. The molecule has 0 aliphatic heterocycles. The molecule has 0 saturated heterocycles. The van der Waals surface area contributed by atoms with Crippen LogP contribution in [-0.2, 0) is 6.54 Å². The van der Waals surface area contributed by atoms with Crippen molar-refractivity contribution in [3.05, 3.63) is 27.1 Å². The molecule has 0 N–H and O–H groups in total. The molecule has 0 saturated carbocycles. The third-order valence-corrected chi connectivity index (χ3v) is 4.79. The van der Waals surface area contributed by atoms with Crippen LogP contribution in [0.25, 0.3) is 10.2 Å². The average Bonchev–Trinajstić information content (AvgIpc) is 2.75. The van der Waals surface area contributed by atoms with Crippen molar-refractivity contribution in [2.75, 3.05) is 0 Å².